The molecule has 0 saturated carbocycles. The number of hydrogen-bond acceptors (Lipinski definition) is 5. The highest BCUT2D eigenvalue weighted by Gasteiger charge is 2.15. The largest absolute Gasteiger partial charge is 0.508 e. The maximum absolute atomic E-state index is 9.26. The minimum Gasteiger partial charge on any atom is -0.508 e. The Morgan fingerprint density at radius 3 is 2.00 bits per heavy atom. The lowest BCUT2D eigenvalue weighted by atomic mass is 10.1. The van der Waals surface area contributed by atoms with Crippen LogP contribution in [0.1, 0.15) is 11.6 Å². The quantitative estimate of drug-likeness (QED) is 0.438. The standard InChI is InChI=1S/C8H11NO4/c9-5(3-10)8-6(12)1-4(11)2-7(8)13/h1-2,5,10-13H,3,9H2. The minimum atomic E-state index is -0.861. The molecule has 5 heteroatoms. The lowest BCUT2D eigenvalue weighted by Gasteiger charge is -2.12. The van der Waals surface area contributed by atoms with E-state index < -0.39 is 12.6 Å². The monoisotopic (exact) mass is 185 g/mol. The molecule has 0 bridgehead atoms. The topological polar surface area (TPSA) is 107 Å². The SMILES string of the molecule is NC(CO)c1c(O)cc(O)cc1O. The van der Waals surface area contributed by atoms with Gasteiger partial charge in [-0.25, -0.2) is 0 Å². The number of benzene rings is 1. The summed E-state index contributed by atoms with van der Waals surface area (Å²) in [5.41, 5.74) is 5.42. The molecule has 1 atom stereocenters. The molecule has 1 rings (SSSR count). The molecule has 0 amide bonds. The van der Waals surface area contributed by atoms with Gasteiger partial charge in [-0.3, -0.25) is 0 Å². The van der Waals surface area contributed by atoms with Gasteiger partial charge in [-0.2, -0.15) is 0 Å². The van der Waals surface area contributed by atoms with E-state index in [1.54, 1.807) is 0 Å². The number of aliphatic hydroxyl groups excluding tert-OH is 1. The van der Waals surface area contributed by atoms with Gasteiger partial charge >= 0.3 is 0 Å². The van der Waals surface area contributed by atoms with E-state index >= 15 is 0 Å². The van der Waals surface area contributed by atoms with Crippen LogP contribution in [0.25, 0.3) is 0 Å². The summed E-state index contributed by atoms with van der Waals surface area (Å²) in [6.45, 7) is -0.397. The van der Waals surface area contributed by atoms with E-state index in [4.69, 9.17) is 15.9 Å². The van der Waals surface area contributed by atoms with Crippen molar-refractivity contribution >= 4 is 0 Å². The second-order valence-corrected chi connectivity index (χ2v) is 2.69. The molecular weight excluding hydrogens is 174 g/mol. The number of phenols is 3. The van der Waals surface area contributed by atoms with Gasteiger partial charge in [0.15, 0.2) is 0 Å². The molecule has 0 saturated heterocycles. The Bertz CT molecular complexity index is 290. The zero-order valence-corrected chi connectivity index (χ0v) is 6.81. The van der Waals surface area contributed by atoms with Gasteiger partial charge in [0, 0.05) is 12.1 Å². The fourth-order valence-electron chi connectivity index (χ4n) is 1.08. The molecule has 0 heterocycles. The van der Waals surface area contributed by atoms with Crippen molar-refractivity contribution in [2.24, 2.45) is 5.73 Å². The third kappa shape index (κ3) is 1.82. The Morgan fingerprint density at radius 2 is 1.62 bits per heavy atom. The highest BCUT2D eigenvalue weighted by atomic mass is 16.3. The highest BCUT2D eigenvalue weighted by Crippen LogP contribution is 2.35. The minimum absolute atomic E-state index is 0.0281. The number of aliphatic hydroxyl groups is 1. The van der Waals surface area contributed by atoms with Gasteiger partial charge in [-0.15, -0.1) is 0 Å². The van der Waals surface area contributed by atoms with Crippen molar-refractivity contribution in [3.8, 4) is 17.2 Å². The summed E-state index contributed by atoms with van der Waals surface area (Å²) >= 11 is 0. The van der Waals surface area contributed by atoms with Crippen LogP contribution in [0.2, 0.25) is 0 Å². The molecule has 5 nitrogen and oxygen atoms in total. The molecule has 0 fully saturated rings. The lowest BCUT2D eigenvalue weighted by molar-refractivity contribution is 0.262. The molecule has 0 radical (unpaired) electrons. The van der Waals surface area contributed by atoms with Gasteiger partial charge in [-0.05, 0) is 0 Å². The maximum atomic E-state index is 9.26. The van der Waals surface area contributed by atoms with E-state index in [1.807, 2.05) is 0 Å². The first kappa shape index (κ1) is 9.63. The number of aromatic hydroxyl groups is 3. The van der Waals surface area contributed by atoms with Gasteiger partial charge in [0.05, 0.1) is 18.2 Å². The van der Waals surface area contributed by atoms with Crippen molar-refractivity contribution in [2.75, 3.05) is 6.61 Å². The van der Waals surface area contributed by atoms with Crippen molar-refractivity contribution in [2.45, 2.75) is 6.04 Å². The van der Waals surface area contributed by atoms with Crippen molar-refractivity contribution in [3.63, 3.8) is 0 Å². The van der Waals surface area contributed by atoms with Crippen LogP contribution in [0.15, 0.2) is 12.1 Å². The summed E-state index contributed by atoms with van der Waals surface area (Å²) in [6, 6.07) is 1.23. The van der Waals surface area contributed by atoms with Crippen molar-refractivity contribution in [1.82, 2.24) is 0 Å². The van der Waals surface area contributed by atoms with E-state index in [1.165, 1.54) is 0 Å². The van der Waals surface area contributed by atoms with E-state index in [9.17, 15) is 10.2 Å². The maximum Gasteiger partial charge on any atom is 0.127 e. The van der Waals surface area contributed by atoms with Gasteiger partial charge in [-0.1, -0.05) is 0 Å². The van der Waals surface area contributed by atoms with E-state index in [0.717, 1.165) is 12.1 Å². The Labute approximate surface area is 74.7 Å². The first-order valence-corrected chi connectivity index (χ1v) is 3.67. The summed E-state index contributed by atoms with van der Waals surface area (Å²) in [5.74, 6) is -0.929. The van der Waals surface area contributed by atoms with Crippen LogP contribution in [0.4, 0.5) is 0 Å². The smallest absolute Gasteiger partial charge is 0.127 e. The second-order valence-electron chi connectivity index (χ2n) is 2.69. The average molecular weight is 185 g/mol. The summed E-state index contributed by atoms with van der Waals surface area (Å²) in [5, 5.41) is 36.2. The zero-order valence-electron chi connectivity index (χ0n) is 6.81. The van der Waals surface area contributed by atoms with Crippen molar-refractivity contribution in [1.29, 1.82) is 0 Å². The Balaban J connectivity index is 3.20. The van der Waals surface area contributed by atoms with Crippen LogP contribution in [-0.2, 0) is 0 Å². The molecular formula is C8H11NO4. The molecule has 1 aromatic rings. The predicted molar refractivity (Wildman–Crippen MR) is 45.5 cm³/mol. The number of hydrogen-bond donors (Lipinski definition) is 5. The summed E-state index contributed by atoms with van der Waals surface area (Å²) in [6.07, 6.45) is 0. The Hall–Kier alpha value is -1.46. The van der Waals surface area contributed by atoms with Gasteiger partial charge in [0.1, 0.15) is 17.2 Å². The van der Waals surface area contributed by atoms with E-state index in [2.05, 4.69) is 0 Å². The molecule has 1 aromatic carbocycles. The normalized spacial score (nSPS) is 12.8. The second kappa shape index (κ2) is 3.51. The first-order chi connectivity index (χ1) is 6.06. The van der Waals surface area contributed by atoms with Crippen LogP contribution in [-0.4, -0.2) is 27.0 Å². The van der Waals surface area contributed by atoms with Crippen LogP contribution >= 0.6 is 0 Å². The lowest BCUT2D eigenvalue weighted by Crippen LogP contribution is -2.14. The Kier molecular flexibility index (Phi) is 2.60. The molecule has 0 spiro atoms. The van der Waals surface area contributed by atoms with Crippen LogP contribution in [0.5, 0.6) is 17.2 Å². The molecule has 0 aliphatic heterocycles. The zero-order chi connectivity index (χ0) is 10.0. The van der Waals surface area contributed by atoms with Crippen molar-refractivity contribution < 1.29 is 20.4 Å². The summed E-state index contributed by atoms with van der Waals surface area (Å²) in [7, 11) is 0. The van der Waals surface area contributed by atoms with Crippen LogP contribution < -0.4 is 5.73 Å². The van der Waals surface area contributed by atoms with E-state index in [0.29, 0.717) is 0 Å². The Morgan fingerprint density at radius 1 is 1.15 bits per heavy atom. The van der Waals surface area contributed by atoms with E-state index in [-0.39, 0.29) is 22.8 Å². The highest BCUT2D eigenvalue weighted by molar-refractivity contribution is 5.50. The molecule has 13 heavy (non-hydrogen) atoms. The van der Waals surface area contributed by atoms with Crippen LogP contribution in [0.3, 0.4) is 0 Å². The average Bonchev–Trinajstić information content (AvgIpc) is 2.02. The number of phenolic OH excluding ortho intramolecular Hbond substituents is 3. The molecule has 0 aliphatic carbocycles. The summed E-state index contributed by atoms with van der Waals surface area (Å²) < 4.78 is 0. The predicted octanol–water partition coefficient (Wildman–Crippen LogP) is -0.205. The number of nitrogens with two attached hydrogens (primary N) is 1. The summed E-state index contributed by atoms with van der Waals surface area (Å²) in [4.78, 5) is 0. The van der Waals surface area contributed by atoms with Gasteiger partial charge in [0.2, 0.25) is 0 Å². The third-order valence-corrected chi connectivity index (χ3v) is 1.69. The third-order valence-electron chi connectivity index (χ3n) is 1.69. The molecule has 0 aliphatic rings. The molecule has 72 valence electrons. The molecule has 0 aromatic heterocycles. The molecule has 1 unspecified atom stereocenters. The van der Waals surface area contributed by atoms with Gasteiger partial charge < -0.3 is 26.2 Å². The van der Waals surface area contributed by atoms with Crippen molar-refractivity contribution in [3.05, 3.63) is 17.7 Å². The fourth-order valence-corrected chi connectivity index (χ4v) is 1.08. The van der Waals surface area contributed by atoms with Gasteiger partial charge in [0.25, 0.3) is 0 Å². The first-order valence-electron chi connectivity index (χ1n) is 3.67. The molecule has 6 N–H and O–H groups in total. The number of rotatable bonds is 2. The van der Waals surface area contributed by atoms with Crippen LogP contribution in [0, 0.1) is 0 Å². The fraction of sp³-hybridized carbons (Fsp3) is 0.250.